The molecule has 1 heterocycles. The normalized spacial score (nSPS) is 16.2. The van der Waals surface area contributed by atoms with E-state index >= 15 is 0 Å². The van der Waals surface area contributed by atoms with Gasteiger partial charge in [0.1, 0.15) is 42.1 Å². The number of ether oxygens (including phenoxy) is 3. The molecule has 1 fully saturated rings. The van der Waals surface area contributed by atoms with Gasteiger partial charge in [-0.2, -0.15) is 4.31 Å². The molecule has 0 radical (unpaired) electrons. The van der Waals surface area contributed by atoms with Gasteiger partial charge in [0.2, 0.25) is 10.0 Å². The van der Waals surface area contributed by atoms with Crippen molar-refractivity contribution in [1.29, 1.82) is 0 Å². The number of benzene rings is 3. The maximum atomic E-state index is 13.3. The first-order valence-electron chi connectivity index (χ1n) is 12.8. The second kappa shape index (κ2) is 12.7. The van der Waals surface area contributed by atoms with Gasteiger partial charge in [0.05, 0.1) is 11.4 Å². The van der Waals surface area contributed by atoms with Crippen molar-refractivity contribution in [2.45, 2.75) is 43.6 Å². The average Bonchev–Trinajstić information content (AvgIpc) is 2.92. The van der Waals surface area contributed by atoms with Gasteiger partial charge in [-0.25, -0.2) is 13.2 Å². The number of sulfonamides is 1. The van der Waals surface area contributed by atoms with Crippen molar-refractivity contribution < 1.29 is 32.5 Å². The molecular weight excluding hydrogens is 542 g/mol. The Kier molecular flexibility index (Phi) is 9.37. The number of hydrogen-bond acceptors (Lipinski definition) is 6. The maximum Gasteiger partial charge on any atom is 0.339 e. The molecule has 39 heavy (non-hydrogen) atoms. The van der Waals surface area contributed by atoms with Gasteiger partial charge in [0, 0.05) is 17.6 Å². The molecule has 1 aliphatic heterocycles. The lowest BCUT2D eigenvalue weighted by molar-refractivity contribution is 0.0691. The van der Waals surface area contributed by atoms with Crippen LogP contribution in [0.2, 0.25) is 5.02 Å². The van der Waals surface area contributed by atoms with Gasteiger partial charge in [-0.15, -0.1) is 0 Å². The van der Waals surface area contributed by atoms with Crippen molar-refractivity contribution in [3.63, 3.8) is 0 Å². The smallest absolute Gasteiger partial charge is 0.339 e. The molecule has 8 nitrogen and oxygen atoms in total. The highest BCUT2D eigenvalue weighted by Crippen LogP contribution is 2.29. The Morgan fingerprint density at radius 3 is 2.33 bits per heavy atom. The summed E-state index contributed by atoms with van der Waals surface area (Å²) in [6.07, 6.45) is 0.927. The number of carbonyl (C=O) groups is 1. The molecule has 0 aliphatic carbocycles. The van der Waals surface area contributed by atoms with E-state index in [0.717, 1.165) is 5.56 Å². The highest BCUT2D eigenvalue weighted by Gasteiger charge is 2.31. The van der Waals surface area contributed by atoms with Gasteiger partial charge in [-0.1, -0.05) is 37.6 Å². The van der Waals surface area contributed by atoms with Crippen LogP contribution in [0, 0.1) is 0 Å². The van der Waals surface area contributed by atoms with Crippen LogP contribution in [0.5, 0.6) is 17.2 Å². The number of rotatable bonds is 11. The van der Waals surface area contributed by atoms with Gasteiger partial charge in [-0.05, 0) is 72.9 Å². The average molecular weight is 574 g/mol. The van der Waals surface area contributed by atoms with E-state index in [2.05, 4.69) is 13.8 Å². The van der Waals surface area contributed by atoms with Crippen LogP contribution in [0.4, 0.5) is 0 Å². The van der Waals surface area contributed by atoms with Crippen LogP contribution < -0.4 is 14.2 Å². The zero-order valence-corrected chi connectivity index (χ0v) is 23.5. The van der Waals surface area contributed by atoms with E-state index in [1.165, 1.54) is 16.4 Å². The molecule has 1 N–H and O–H groups in total. The van der Waals surface area contributed by atoms with Gasteiger partial charge < -0.3 is 19.3 Å². The molecule has 3 aromatic rings. The van der Waals surface area contributed by atoms with Crippen LogP contribution in [-0.2, 0) is 10.0 Å². The third kappa shape index (κ3) is 7.44. The number of halogens is 1. The molecule has 208 valence electrons. The predicted octanol–water partition coefficient (Wildman–Crippen LogP) is 5.85. The Morgan fingerprint density at radius 2 is 1.67 bits per heavy atom. The Bertz CT molecular complexity index is 1380. The lowest BCUT2D eigenvalue weighted by atomic mass is 10.0. The van der Waals surface area contributed by atoms with E-state index in [9.17, 15) is 18.3 Å². The molecule has 1 atom stereocenters. The first-order valence-corrected chi connectivity index (χ1v) is 14.6. The van der Waals surface area contributed by atoms with Crippen LogP contribution in [0.1, 0.15) is 48.5 Å². The van der Waals surface area contributed by atoms with Crippen LogP contribution in [0.25, 0.3) is 0 Å². The Hall–Kier alpha value is -3.27. The SMILES string of the molecule is CC(C)c1ccc(S(=O)(=O)N2CCC[C@H](Oc3ccc(C(=O)O)c(OCCOc4ccc(Cl)cc4)c3)C2)cc1. The summed E-state index contributed by atoms with van der Waals surface area (Å²) in [6.45, 7) is 5.03. The fourth-order valence-electron chi connectivity index (χ4n) is 4.30. The molecule has 0 amide bonds. The molecular formula is C29H32ClNO7S. The van der Waals surface area contributed by atoms with E-state index in [4.69, 9.17) is 25.8 Å². The molecule has 0 saturated carbocycles. The predicted molar refractivity (Wildman–Crippen MR) is 149 cm³/mol. The summed E-state index contributed by atoms with van der Waals surface area (Å²) in [7, 11) is -3.67. The van der Waals surface area contributed by atoms with Crippen molar-refractivity contribution in [3.8, 4) is 17.2 Å². The monoisotopic (exact) mass is 573 g/mol. The third-order valence-electron chi connectivity index (χ3n) is 6.43. The quantitative estimate of drug-likeness (QED) is 0.287. The minimum atomic E-state index is -3.67. The fraction of sp³-hybridized carbons (Fsp3) is 0.345. The third-order valence-corrected chi connectivity index (χ3v) is 8.57. The van der Waals surface area contributed by atoms with Crippen molar-refractivity contribution in [1.82, 2.24) is 4.31 Å². The molecule has 10 heteroatoms. The van der Waals surface area contributed by atoms with E-state index < -0.39 is 16.0 Å². The summed E-state index contributed by atoms with van der Waals surface area (Å²) in [5.74, 6) is 0.344. The molecule has 0 bridgehead atoms. The van der Waals surface area contributed by atoms with Crippen LogP contribution in [-0.4, -0.2) is 56.2 Å². The summed E-state index contributed by atoms with van der Waals surface area (Å²) in [4.78, 5) is 12.0. The van der Waals surface area contributed by atoms with Crippen molar-refractivity contribution >= 4 is 27.6 Å². The zero-order valence-electron chi connectivity index (χ0n) is 21.9. The first-order chi connectivity index (χ1) is 18.6. The molecule has 1 saturated heterocycles. The molecule has 0 unspecified atom stereocenters. The van der Waals surface area contributed by atoms with Gasteiger partial charge >= 0.3 is 5.97 Å². The lowest BCUT2D eigenvalue weighted by Crippen LogP contribution is -2.44. The maximum absolute atomic E-state index is 13.3. The lowest BCUT2D eigenvalue weighted by Gasteiger charge is -2.32. The Balaban J connectivity index is 1.40. The Morgan fingerprint density at radius 1 is 1.00 bits per heavy atom. The number of piperidine rings is 1. The van der Waals surface area contributed by atoms with Crippen molar-refractivity contribution in [3.05, 3.63) is 82.9 Å². The van der Waals surface area contributed by atoms with Gasteiger partial charge in [0.25, 0.3) is 0 Å². The largest absolute Gasteiger partial charge is 0.490 e. The Labute approximate surface area is 234 Å². The molecule has 1 aliphatic rings. The van der Waals surface area contributed by atoms with Crippen molar-refractivity contribution in [2.75, 3.05) is 26.3 Å². The minimum absolute atomic E-state index is 0.00784. The zero-order chi connectivity index (χ0) is 28.0. The number of nitrogens with zero attached hydrogens (tertiary/aromatic N) is 1. The van der Waals surface area contributed by atoms with E-state index in [0.29, 0.717) is 41.8 Å². The van der Waals surface area contributed by atoms with E-state index in [1.54, 1.807) is 42.5 Å². The van der Waals surface area contributed by atoms with Crippen LogP contribution >= 0.6 is 11.6 Å². The summed E-state index contributed by atoms with van der Waals surface area (Å²) in [5, 5.41) is 10.2. The van der Waals surface area contributed by atoms with Crippen LogP contribution in [0.3, 0.4) is 0 Å². The van der Waals surface area contributed by atoms with E-state index in [1.807, 2.05) is 12.1 Å². The number of hydrogen-bond donors (Lipinski definition) is 1. The summed E-state index contributed by atoms with van der Waals surface area (Å²) < 4.78 is 45.4. The first kappa shape index (κ1) is 28.7. The van der Waals surface area contributed by atoms with Gasteiger partial charge in [0.15, 0.2) is 0 Å². The number of carboxylic acids is 1. The second-order valence-electron chi connectivity index (χ2n) is 9.58. The molecule has 0 spiro atoms. The topological polar surface area (TPSA) is 102 Å². The number of carboxylic acid groups (broad SMARTS) is 1. The minimum Gasteiger partial charge on any atom is -0.490 e. The molecule has 0 aromatic heterocycles. The fourth-order valence-corrected chi connectivity index (χ4v) is 5.94. The second-order valence-corrected chi connectivity index (χ2v) is 12.0. The summed E-state index contributed by atoms with van der Waals surface area (Å²) in [5.41, 5.74) is 1.07. The number of aromatic carboxylic acids is 1. The standard InChI is InChI=1S/C29H32ClNO7S/c1-20(2)21-5-12-26(13-6-21)39(34,35)31-15-3-4-25(19-31)38-24-11-14-27(29(32)33)28(18-24)37-17-16-36-23-9-7-22(30)8-10-23/h5-14,18,20,25H,3-4,15-17,19H2,1-2H3,(H,32,33)/t25-/m0/s1. The summed E-state index contributed by atoms with van der Waals surface area (Å²) in [6, 6.07) is 18.4. The van der Waals surface area contributed by atoms with Crippen LogP contribution in [0.15, 0.2) is 71.6 Å². The summed E-state index contributed by atoms with van der Waals surface area (Å²) >= 11 is 5.88. The van der Waals surface area contributed by atoms with Gasteiger partial charge in [-0.3, -0.25) is 0 Å². The highest BCUT2D eigenvalue weighted by molar-refractivity contribution is 7.89. The molecule has 3 aromatic carbocycles. The highest BCUT2D eigenvalue weighted by atomic mass is 35.5. The molecule has 4 rings (SSSR count). The van der Waals surface area contributed by atoms with Crippen molar-refractivity contribution in [2.24, 2.45) is 0 Å². The van der Waals surface area contributed by atoms with E-state index in [-0.39, 0.29) is 42.1 Å².